The van der Waals surface area contributed by atoms with Crippen LogP contribution in [0, 0.1) is 13.8 Å². The maximum Gasteiger partial charge on any atom is 0.0801 e. The van der Waals surface area contributed by atoms with E-state index in [0.717, 1.165) is 18.7 Å². The first kappa shape index (κ1) is 13.7. The van der Waals surface area contributed by atoms with Crippen LogP contribution in [-0.4, -0.2) is 22.0 Å². The van der Waals surface area contributed by atoms with Gasteiger partial charge in [-0.25, -0.2) is 4.68 Å². The van der Waals surface area contributed by atoms with Gasteiger partial charge >= 0.3 is 0 Å². The normalized spacial score (nSPS) is 12.6. The molecule has 0 amide bonds. The molecule has 0 saturated heterocycles. The number of hydrogen-bond acceptors (Lipinski definition) is 3. The second kappa shape index (κ2) is 5.97. The monoisotopic (exact) mass is 258 g/mol. The molecule has 1 aromatic heterocycles. The van der Waals surface area contributed by atoms with Gasteiger partial charge in [-0.2, -0.15) is 0 Å². The third-order valence-electron chi connectivity index (χ3n) is 3.40. The van der Waals surface area contributed by atoms with Gasteiger partial charge in [0, 0.05) is 6.54 Å². The van der Waals surface area contributed by atoms with E-state index in [9.17, 15) is 0 Å². The van der Waals surface area contributed by atoms with Crippen molar-refractivity contribution in [3.05, 3.63) is 46.8 Å². The molecule has 1 N–H and O–H groups in total. The summed E-state index contributed by atoms with van der Waals surface area (Å²) in [5, 5.41) is 11.6. The van der Waals surface area contributed by atoms with E-state index in [2.05, 4.69) is 54.6 Å². The molecule has 0 radical (unpaired) electrons. The van der Waals surface area contributed by atoms with E-state index in [-0.39, 0.29) is 6.04 Å². The van der Waals surface area contributed by atoms with Crippen molar-refractivity contribution in [1.29, 1.82) is 0 Å². The van der Waals surface area contributed by atoms with Crippen molar-refractivity contribution < 1.29 is 0 Å². The van der Waals surface area contributed by atoms with E-state index in [1.807, 2.05) is 17.9 Å². The van der Waals surface area contributed by atoms with Crippen molar-refractivity contribution in [2.24, 2.45) is 0 Å². The van der Waals surface area contributed by atoms with Gasteiger partial charge in [-0.1, -0.05) is 35.9 Å². The van der Waals surface area contributed by atoms with Gasteiger partial charge < -0.3 is 5.32 Å². The van der Waals surface area contributed by atoms with Crippen molar-refractivity contribution in [2.75, 3.05) is 7.05 Å². The summed E-state index contributed by atoms with van der Waals surface area (Å²) in [4.78, 5) is 0. The molecule has 2 rings (SSSR count). The first-order valence-corrected chi connectivity index (χ1v) is 6.80. The SMILES string of the molecule is CCCn1nncc1C(NC)c1ccc(C)cc1C. The Morgan fingerprint density at radius 1 is 1.32 bits per heavy atom. The maximum absolute atomic E-state index is 4.17. The van der Waals surface area contributed by atoms with E-state index in [0.29, 0.717) is 0 Å². The van der Waals surface area contributed by atoms with Gasteiger partial charge in [-0.15, -0.1) is 5.10 Å². The summed E-state index contributed by atoms with van der Waals surface area (Å²) in [6.07, 6.45) is 2.91. The van der Waals surface area contributed by atoms with E-state index >= 15 is 0 Å². The second-order valence-electron chi connectivity index (χ2n) is 4.96. The van der Waals surface area contributed by atoms with Crippen molar-refractivity contribution in [3.63, 3.8) is 0 Å². The lowest BCUT2D eigenvalue weighted by Gasteiger charge is -2.20. The van der Waals surface area contributed by atoms with Crippen LogP contribution < -0.4 is 5.32 Å². The number of aryl methyl sites for hydroxylation is 3. The first-order valence-electron chi connectivity index (χ1n) is 6.80. The minimum Gasteiger partial charge on any atom is -0.308 e. The maximum atomic E-state index is 4.17. The molecule has 0 aliphatic rings. The van der Waals surface area contributed by atoms with E-state index in [1.165, 1.54) is 16.7 Å². The Balaban J connectivity index is 2.41. The van der Waals surface area contributed by atoms with Gasteiger partial charge in [0.25, 0.3) is 0 Å². The van der Waals surface area contributed by atoms with Crippen LogP contribution in [-0.2, 0) is 6.54 Å². The lowest BCUT2D eigenvalue weighted by atomic mass is 9.97. The molecule has 1 heterocycles. The fourth-order valence-corrected chi connectivity index (χ4v) is 2.49. The van der Waals surface area contributed by atoms with Crippen LogP contribution in [0.5, 0.6) is 0 Å². The van der Waals surface area contributed by atoms with Gasteiger partial charge in [0.2, 0.25) is 0 Å². The van der Waals surface area contributed by atoms with Gasteiger partial charge in [0.05, 0.1) is 17.9 Å². The molecular formula is C15H22N4. The van der Waals surface area contributed by atoms with Crippen molar-refractivity contribution in [2.45, 2.75) is 39.8 Å². The van der Waals surface area contributed by atoms with Gasteiger partial charge in [0.15, 0.2) is 0 Å². The van der Waals surface area contributed by atoms with Gasteiger partial charge in [-0.3, -0.25) is 0 Å². The standard InChI is InChI=1S/C15H22N4/c1-5-8-19-14(10-17-18-19)15(16-4)13-7-6-11(2)9-12(13)3/h6-7,9-10,15-16H,5,8H2,1-4H3. The molecule has 102 valence electrons. The van der Waals surface area contributed by atoms with Gasteiger partial charge in [-0.05, 0) is 38.4 Å². The Labute approximate surface area is 114 Å². The minimum absolute atomic E-state index is 0.141. The number of rotatable bonds is 5. The number of hydrogen-bond donors (Lipinski definition) is 1. The van der Waals surface area contributed by atoms with Crippen LogP contribution >= 0.6 is 0 Å². The third-order valence-corrected chi connectivity index (χ3v) is 3.40. The van der Waals surface area contributed by atoms with E-state index < -0.39 is 0 Å². The summed E-state index contributed by atoms with van der Waals surface area (Å²) in [5.41, 5.74) is 4.99. The average molecular weight is 258 g/mol. The van der Waals surface area contributed by atoms with Crippen LogP contribution in [0.1, 0.15) is 41.8 Å². The summed E-state index contributed by atoms with van der Waals surface area (Å²) in [5.74, 6) is 0. The zero-order valence-corrected chi connectivity index (χ0v) is 12.1. The predicted octanol–water partition coefficient (Wildman–Crippen LogP) is 2.61. The molecule has 0 aliphatic heterocycles. The van der Waals surface area contributed by atoms with Crippen molar-refractivity contribution in [1.82, 2.24) is 20.3 Å². The summed E-state index contributed by atoms with van der Waals surface area (Å²) in [6.45, 7) is 7.32. The molecule has 0 aliphatic carbocycles. The zero-order valence-electron chi connectivity index (χ0n) is 12.1. The number of benzene rings is 1. The number of nitrogens with zero attached hydrogens (tertiary/aromatic N) is 3. The molecule has 0 bridgehead atoms. The smallest absolute Gasteiger partial charge is 0.0801 e. The number of aromatic nitrogens is 3. The van der Waals surface area contributed by atoms with E-state index in [1.54, 1.807) is 0 Å². The molecule has 0 saturated carbocycles. The Morgan fingerprint density at radius 2 is 2.11 bits per heavy atom. The van der Waals surface area contributed by atoms with E-state index in [4.69, 9.17) is 0 Å². The highest BCUT2D eigenvalue weighted by Crippen LogP contribution is 2.24. The lowest BCUT2D eigenvalue weighted by molar-refractivity contribution is 0.522. The zero-order chi connectivity index (χ0) is 13.8. The molecule has 0 fully saturated rings. The summed E-state index contributed by atoms with van der Waals surface area (Å²) in [7, 11) is 1.98. The highest BCUT2D eigenvalue weighted by Gasteiger charge is 2.18. The Morgan fingerprint density at radius 3 is 2.74 bits per heavy atom. The summed E-state index contributed by atoms with van der Waals surface area (Å²) in [6, 6.07) is 6.70. The van der Waals surface area contributed by atoms with Crippen LogP contribution in [0.2, 0.25) is 0 Å². The molecule has 1 aromatic carbocycles. The molecule has 2 aromatic rings. The average Bonchev–Trinajstić information content (AvgIpc) is 2.82. The molecule has 4 heteroatoms. The second-order valence-corrected chi connectivity index (χ2v) is 4.96. The predicted molar refractivity (Wildman–Crippen MR) is 77.1 cm³/mol. The van der Waals surface area contributed by atoms with Crippen LogP contribution in [0.3, 0.4) is 0 Å². The highest BCUT2D eigenvalue weighted by atomic mass is 15.4. The summed E-state index contributed by atoms with van der Waals surface area (Å²) < 4.78 is 1.99. The lowest BCUT2D eigenvalue weighted by Crippen LogP contribution is -2.22. The molecule has 1 unspecified atom stereocenters. The van der Waals surface area contributed by atoms with Crippen LogP contribution in [0.4, 0.5) is 0 Å². The molecule has 1 atom stereocenters. The molecule has 4 nitrogen and oxygen atoms in total. The topological polar surface area (TPSA) is 42.7 Å². The number of nitrogens with one attached hydrogen (secondary N) is 1. The quantitative estimate of drug-likeness (QED) is 0.896. The summed E-state index contributed by atoms with van der Waals surface area (Å²) >= 11 is 0. The minimum atomic E-state index is 0.141. The molecule has 19 heavy (non-hydrogen) atoms. The largest absolute Gasteiger partial charge is 0.308 e. The van der Waals surface area contributed by atoms with Gasteiger partial charge in [0.1, 0.15) is 0 Å². The third kappa shape index (κ3) is 2.84. The fourth-order valence-electron chi connectivity index (χ4n) is 2.49. The first-order chi connectivity index (χ1) is 9.17. The molecular weight excluding hydrogens is 236 g/mol. The fraction of sp³-hybridized carbons (Fsp3) is 0.467. The Kier molecular flexibility index (Phi) is 4.32. The Bertz CT molecular complexity index is 545. The van der Waals surface area contributed by atoms with Crippen LogP contribution in [0.15, 0.2) is 24.4 Å². The van der Waals surface area contributed by atoms with Crippen molar-refractivity contribution in [3.8, 4) is 0 Å². The van der Waals surface area contributed by atoms with Crippen LogP contribution in [0.25, 0.3) is 0 Å². The Hall–Kier alpha value is -1.68. The molecule has 0 spiro atoms. The highest BCUT2D eigenvalue weighted by molar-refractivity contribution is 5.36. The van der Waals surface area contributed by atoms with Crippen molar-refractivity contribution >= 4 is 0 Å².